The summed E-state index contributed by atoms with van der Waals surface area (Å²) in [5, 5.41) is 13.1. The molecule has 0 aromatic heterocycles. The normalized spacial score (nSPS) is 24.9. The highest BCUT2D eigenvalue weighted by atomic mass is 16.3. The Morgan fingerprint density at radius 2 is 2.21 bits per heavy atom. The van der Waals surface area contributed by atoms with E-state index in [1.54, 1.807) is 6.07 Å². The summed E-state index contributed by atoms with van der Waals surface area (Å²) in [5.74, 6) is 1.78. The molecule has 0 fully saturated rings. The first-order valence-corrected chi connectivity index (χ1v) is 7.24. The maximum absolute atomic E-state index is 9.51. The third-order valence-corrected chi connectivity index (χ3v) is 3.97. The zero-order valence-corrected chi connectivity index (χ0v) is 12.2. The van der Waals surface area contributed by atoms with E-state index in [4.69, 9.17) is 0 Å². The van der Waals surface area contributed by atoms with Crippen molar-refractivity contribution in [2.75, 3.05) is 6.54 Å². The van der Waals surface area contributed by atoms with E-state index in [1.165, 1.54) is 18.4 Å². The lowest BCUT2D eigenvalue weighted by atomic mass is 9.83. The van der Waals surface area contributed by atoms with Gasteiger partial charge in [0.1, 0.15) is 5.75 Å². The third kappa shape index (κ3) is 4.10. The molecule has 0 saturated carbocycles. The summed E-state index contributed by atoms with van der Waals surface area (Å²) in [6.45, 7) is 7.74. The lowest BCUT2D eigenvalue weighted by Crippen LogP contribution is -2.28. The van der Waals surface area contributed by atoms with E-state index in [0.29, 0.717) is 11.7 Å². The van der Waals surface area contributed by atoms with Crippen LogP contribution in [0.15, 0.2) is 35.9 Å². The van der Waals surface area contributed by atoms with E-state index >= 15 is 0 Å². The molecule has 1 aromatic carbocycles. The van der Waals surface area contributed by atoms with Crippen LogP contribution in [0.5, 0.6) is 5.75 Å². The van der Waals surface area contributed by atoms with Gasteiger partial charge in [-0.15, -0.1) is 0 Å². The summed E-state index contributed by atoms with van der Waals surface area (Å²) < 4.78 is 0. The average Bonchev–Trinajstić information content (AvgIpc) is 2.35. The first-order valence-electron chi connectivity index (χ1n) is 7.24. The van der Waals surface area contributed by atoms with Gasteiger partial charge in [-0.2, -0.15) is 0 Å². The molecule has 0 aliphatic heterocycles. The van der Waals surface area contributed by atoms with E-state index in [9.17, 15) is 5.11 Å². The van der Waals surface area contributed by atoms with Gasteiger partial charge in [-0.05, 0) is 62.8 Å². The van der Waals surface area contributed by atoms with Crippen LogP contribution in [0.2, 0.25) is 0 Å². The molecule has 1 aromatic rings. The second kappa shape index (κ2) is 6.25. The molecule has 19 heavy (non-hydrogen) atoms. The standard InChI is InChI=1S/C17H25NO/c1-12-7-13(2)9-15(8-12)11-18-14(3)16-5-4-6-17(19)10-16/h4-7,10,12,14-15,18-19H,8-9,11H2,1-3H3. The van der Waals surface area contributed by atoms with E-state index in [1.807, 2.05) is 12.1 Å². The molecule has 3 atom stereocenters. The molecule has 2 heteroatoms. The van der Waals surface area contributed by atoms with Gasteiger partial charge in [-0.3, -0.25) is 0 Å². The molecule has 3 unspecified atom stereocenters. The maximum Gasteiger partial charge on any atom is 0.115 e. The Labute approximate surface area is 116 Å². The molecule has 104 valence electrons. The molecule has 0 bridgehead atoms. The predicted molar refractivity (Wildman–Crippen MR) is 80.2 cm³/mol. The Morgan fingerprint density at radius 3 is 2.89 bits per heavy atom. The molecule has 0 amide bonds. The smallest absolute Gasteiger partial charge is 0.115 e. The Morgan fingerprint density at radius 1 is 1.42 bits per heavy atom. The molecule has 1 aliphatic carbocycles. The fourth-order valence-electron chi connectivity index (χ4n) is 3.10. The van der Waals surface area contributed by atoms with Crippen LogP contribution < -0.4 is 5.32 Å². The molecule has 0 radical (unpaired) electrons. The first kappa shape index (κ1) is 14.1. The molecule has 1 aliphatic rings. The molecule has 2 N–H and O–H groups in total. The number of hydrogen-bond donors (Lipinski definition) is 2. The first-order chi connectivity index (χ1) is 9.04. The van der Waals surface area contributed by atoms with Gasteiger partial charge in [0.05, 0.1) is 0 Å². The van der Waals surface area contributed by atoms with Crippen molar-refractivity contribution in [1.29, 1.82) is 0 Å². The van der Waals surface area contributed by atoms with Gasteiger partial charge >= 0.3 is 0 Å². The van der Waals surface area contributed by atoms with Crippen molar-refractivity contribution in [3.63, 3.8) is 0 Å². The van der Waals surface area contributed by atoms with E-state index in [-0.39, 0.29) is 6.04 Å². The number of phenolic OH excluding ortho intramolecular Hbond substituents is 1. The van der Waals surface area contributed by atoms with Gasteiger partial charge in [-0.25, -0.2) is 0 Å². The largest absolute Gasteiger partial charge is 0.508 e. The molecule has 0 spiro atoms. The summed E-state index contributed by atoms with van der Waals surface area (Å²) >= 11 is 0. The fourth-order valence-corrected chi connectivity index (χ4v) is 3.10. The van der Waals surface area contributed by atoms with Crippen molar-refractivity contribution < 1.29 is 5.11 Å². The van der Waals surface area contributed by atoms with Gasteiger partial charge in [0, 0.05) is 6.04 Å². The van der Waals surface area contributed by atoms with Crippen molar-refractivity contribution >= 4 is 0 Å². The summed E-state index contributed by atoms with van der Waals surface area (Å²) in [6.07, 6.45) is 4.89. The van der Waals surface area contributed by atoms with Gasteiger partial charge in [0.2, 0.25) is 0 Å². The zero-order valence-electron chi connectivity index (χ0n) is 12.2. The quantitative estimate of drug-likeness (QED) is 0.800. The van der Waals surface area contributed by atoms with Crippen LogP contribution in [-0.2, 0) is 0 Å². The highest BCUT2D eigenvalue weighted by Crippen LogP contribution is 2.28. The highest BCUT2D eigenvalue weighted by molar-refractivity contribution is 5.29. The zero-order chi connectivity index (χ0) is 13.8. The van der Waals surface area contributed by atoms with Gasteiger partial charge in [0.25, 0.3) is 0 Å². The highest BCUT2D eigenvalue weighted by Gasteiger charge is 2.18. The van der Waals surface area contributed by atoms with Crippen LogP contribution in [-0.4, -0.2) is 11.7 Å². The number of hydrogen-bond acceptors (Lipinski definition) is 2. The van der Waals surface area contributed by atoms with Crippen LogP contribution in [0, 0.1) is 11.8 Å². The molecule has 0 saturated heterocycles. The van der Waals surface area contributed by atoms with Crippen molar-refractivity contribution in [2.45, 2.75) is 39.7 Å². The summed E-state index contributed by atoms with van der Waals surface area (Å²) in [5.41, 5.74) is 2.67. The van der Waals surface area contributed by atoms with E-state index < -0.39 is 0 Å². The van der Waals surface area contributed by atoms with Gasteiger partial charge in [-0.1, -0.05) is 30.7 Å². The minimum atomic E-state index is 0.286. The Hall–Kier alpha value is -1.28. The fraction of sp³-hybridized carbons (Fsp3) is 0.529. The van der Waals surface area contributed by atoms with E-state index in [0.717, 1.165) is 18.0 Å². The van der Waals surface area contributed by atoms with Crippen LogP contribution in [0.1, 0.15) is 45.2 Å². The average molecular weight is 259 g/mol. The van der Waals surface area contributed by atoms with Crippen LogP contribution in [0.4, 0.5) is 0 Å². The second-order valence-electron chi connectivity index (χ2n) is 6.02. The number of phenols is 1. The van der Waals surface area contributed by atoms with Gasteiger partial charge < -0.3 is 10.4 Å². The number of rotatable bonds is 4. The van der Waals surface area contributed by atoms with Crippen molar-refractivity contribution in [2.24, 2.45) is 11.8 Å². The molecule has 0 heterocycles. The number of benzene rings is 1. The maximum atomic E-state index is 9.51. The minimum absolute atomic E-state index is 0.286. The Balaban J connectivity index is 1.87. The van der Waals surface area contributed by atoms with Crippen LogP contribution >= 0.6 is 0 Å². The second-order valence-corrected chi connectivity index (χ2v) is 6.02. The summed E-state index contributed by atoms with van der Waals surface area (Å²) in [6, 6.07) is 7.80. The number of allylic oxidation sites excluding steroid dienone is 2. The number of aromatic hydroxyl groups is 1. The molecule has 2 nitrogen and oxygen atoms in total. The van der Waals surface area contributed by atoms with E-state index in [2.05, 4.69) is 38.2 Å². The predicted octanol–water partition coefficient (Wildman–Crippen LogP) is 4.04. The monoisotopic (exact) mass is 259 g/mol. The van der Waals surface area contributed by atoms with Crippen LogP contribution in [0.25, 0.3) is 0 Å². The van der Waals surface area contributed by atoms with Gasteiger partial charge in [0.15, 0.2) is 0 Å². The topological polar surface area (TPSA) is 32.3 Å². The third-order valence-electron chi connectivity index (χ3n) is 3.97. The molecule has 2 rings (SSSR count). The van der Waals surface area contributed by atoms with Crippen molar-refractivity contribution in [3.8, 4) is 5.75 Å². The lowest BCUT2D eigenvalue weighted by Gasteiger charge is -2.27. The van der Waals surface area contributed by atoms with Crippen LogP contribution in [0.3, 0.4) is 0 Å². The Kier molecular flexibility index (Phi) is 4.65. The van der Waals surface area contributed by atoms with Crippen molar-refractivity contribution in [1.82, 2.24) is 5.32 Å². The minimum Gasteiger partial charge on any atom is -0.508 e. The molecular formula is C17H25NO. The SMILES string of the molecule is CC1=CC(C)CC(CNC(C)c2cccc(O)c2)C1. The number of nitrogens with one attached hydrogen (secondary N) is 1. The van der Waals surface area contributed by atoms with Crippen molar-refractivity contribution in [3.05, 3.63) is 41.5 Å². The lowest BCUT2D eigenvalue weighted by molar-refractivity contribution is 0.366. The summed E-state index contributed by atoms with van der Waals surface area (Å²) in [4.78, 5) is 0. The molecular weight excluding hydrogens is 234 g/mol. The summed E-state index contributed by atoms with van der Waals surface area (Å²) in [7, 11) is 0. The Bertz CT molecular complexity index is 452.